The Bertz CT molecular complexity index is 158. The average Bonchev–Trinajstić information content (AvgIpc) is 2.19. The summed E-state index contributed by atoms with van der Waals surface area (Å²) < 4.78 is 5.02. The van der Waals surface area contributed by atoms with Crippen LogP contribution in [0.5, 0.6) is 0 Å². The largest absolute Gasteiger partial charge is 0.449 e. The van der Waals surface area contributed by atoms with Gasteiger partial charge in [0.05, 0.1) is 6.61 Å². The Balaban J connectivity index is 2.13. The molecule has 0 unspecified atom stereocenters. The molecule has 1 aliphatic heterocycles. The van der Waals surface area contributed by atoms with Gasteiger partial charge in [-0.05, 0) is 25.7 Å². The molecule has 1 heterocycles. The van der Waals surface area contributed by atoms with E-state index < -0.39 is 0 Å². The summed E-state index contributed by atoms with van der Waals surface area (Å²) in [5, 5.41) is 0. The standard InChI is InChI=1S/C9H16ClNO2/c10-5-4-8-13-9(12)11-6-2-1-3-7-11/h1-8H2. The highest BCUT2D eigenvalue weighted by molar-refractivity contribution is 6.17. The van der Waals surface area contributed by atoms with Gasteiger partial charge in [0.1, 0.15) is 0 Å². The second kappa shape index (κ2) is 6.08. The third kappa shape index (κ3) is 3.85. The Morgan fingerprint density at radius 1 is 1.31 bits per heavy atom. The molecule has 0 N–H and O–H groups in total. The fourth-order valence-corrected chi connectivity index (χ4v) is 1.49. The van der Waals surface area contributed by atoms with E-state index in [4.69, 9.17) is 16.3 Å². The first-order valence-electron chi connectivity index (χ1n) is 4.82. The van der Waals surface area contributed by atoms with Crippen LogP contribution in [0.4, 0.5) is 4.79 Å². The number of likely N-dealkylation sites (tertiary alicyclic amines) is 1. The van der Waals surface area contributed by atoms with Crippen molar-refractivity contribution in [1.29, 1.82) is 0 Å². The van der Waals surface area contributed by atoms with Gasteiger partial charge in [-0.25, -0.2) is 4.79 Å². The maximum atomic E-state index is 11.3. The predicted molar refractivity (Wildman–Crippen MR) is 52.1 cm³/mol. The third-order valence-corrected chi connectivity index (χ3v) is 2.39. The Morgan fingerprint density at radius 3 is 2.62 bits per heavy atom. The molecule has 1 aliphatic rings. The van der Waals surface area contributed by atoms with Gasteiger partial charge in [-0.2, -0.15) is 0 Å². The van der Waals surface area contributed by atoms with E-state index in [0.717, 1.165) is 32.4 Å². The van der Waals surface area contributed by atoms with E-state index in [1.165, 1.54) is 6.42 Å². The lowest BCUT2D eigenvalue weighted by molar-refractivity contribution is 0.0955. The highest BCUT2D eigenvalue weighted by Crippen LogP contribution is 2.09. The Kier molecular flexibility index (Phi) is 4.98. The summed E-state index contributed by atoms with van der Waals surface area (Å²) >= 11 is 5.47. The first-order valence-corrected chi connectivity index (χ1v) is 5.35. The van der Waals surface area contributed by atoms with Crippen LogP contribution in [0.3, 0.4) is 0 Å². The lowest BCUT2D eigenvalue weighted by atomic mass is 10.1. The lowest BCUT2D eigenvalue weighted by Gasteiger charge is -2.25. The fourth-order valence-electron chi connectivity index (χ4n) is 1.38. The zero-order chi connectivity index (χ0) is 9.52. The van der Waals surface area contributed by atoms with Crippen molar-refractivity contribution >= 4 is 17.7 Å². The molecule has 0 radical (unpaired) electrons. The molecule has 0 aromatic heterocycles. The molecule has 0 atom stereocenters. The van der Waals surface area contributed by atoms with Crippen molar-refractivity contribution in [3.63, 3.8) is 0 Å². The van der Waals surface area contributed by atoms with Crippen LogP contribution < -0.4 is 0 Å². The average molecular weight is 206 g/mol. The van der Waals surface area contributed by atoms with Crippen molar-refractivity contribution in [1.82, 2.24) is 4.90 Å². The lowest BCUT2D eigenvalue weighted by Crippen LogP contribution is -2.36. The Labute approximate surface area is 84.0 Å². The monoisotopic (exact) mass is 205 g/mol. The summed E-state index contributed by atoms with van der Waals surface area (Å²) in [7, 11) is 0. The number of halogens is 1. The van der Waals surface area contributed by atoms with E-state index in [1.54, 1.807) is 4.90 Å². The van der Waals surface area contributed by atoms with Gasteiger partial charge < -0.3 is 9.64 Å². The third-order valence-electron chi connectivity index (χ3n) is 2.12. The number of alkyl halides is 1. The minimum Gasteiger partial charge on any atom is -0.449 e. The SMILES string of the molecule is O=C(OCCCCl)N1CCCCC1. The molecule has 3 nitrogen and oxygen atoms in total. The van der Waals surface area contributed by atoms with Gasteiger partial charge >= 0.3 is 6.09 Å². The van der Waals surface area contributed by atoms with Gasteiger partial charge in [0.25, 0.3) is 0 Å². The highest BCUT2D eigenvalue weighted by atomic mass is 35.5. The number of amides is 1. The Morgan fingerprint density at radius 2 is 2.00 bits per heavy atom. The minimum absolute atomic E-state index is 0.176. The molecule has 0 aromatic carbocycles. The van der Waals surface area contributed by atoms with E-state index in [2.05, 4.69) is 0 Å². The molecular weight excluding hydrogens is 190 g/mol. The molecule has 1 amide bonds. The van der Waals surface area contributed by atoms with Gasteiger partial charge in [0.15, 0.2) is 0 Å². The van der Waals surface area contributed by atoms with Crippen LogP contribution >= 0.6 is 11.6 Å². The molecule has 76 valence electrons. The second-order valence-corrected chi connectivity index (χ2v) is 3.58. The van der Waals surface area contributed by atoms with Gasteiger partial charge in [-0.15, -0.1) is 11.6 Å². The van der Waals surface area contributed by atoms with Gasteiger partial charge in [-0.1, -0.05) is 0 Å². The normalized spacial score (nSPS) is 17.2. The molecule has 0 aromatic rings. The molecule has 4 heteroatoms. The number of hydrogen-bond donors (Lipinski definition) is 0. The maximum absolute atomic E-state index is 11.3. The molecule has 13 heavy (non-hydrogen) atoms. The van der Waals surface area contributed by atoms with Gasteiger partial charge in [-0.3, -0.25) is 0 Å². The van der Waals surface area contributed by atoms with Crippen molar-refractivity contribution in [3.05, 3.63) is 0 Å². The van der Waals surface area contributed by atoms with Gasteiger partial charge in [0, 0.05) is 19.0 Å². The van der Waals surface area contributed by atoms with Crippen LogP contribution in [-0.4, -0.2) is 36.6 Å². The minimum atomic E-state index is -0.176. The van der Waals surface area contributed by atoms with E-state index in [-0.39, 0.29) is 6.09 Å². The number of hydrogen-bond acceptors (Lipinski definition) is 2. The van der Waals surface area contributed by atoms with Crippen LogP contribution in [0, 0.1) is 0 Å². The molecule has 0 aliphatic carbocycles. The quantitative estimate of drug-likeness (QED) is 0.523. The summed E-state index contributed by atoms with van der Waals surface area (Å²) in [5.74, 6) is 0.549. The van der Waals surface area contributed by atoms with Crippen molar-refractivity contribution in [3.8, 4) is 0 Å². The molecule has 0 spiro atoms. The van der Waals surface area contributed by atoms with E-state index >= 15 is 0 Å². The van der Waals surface area contributed by atoms with Crippen molar-refractivity contribution in [2.45, 2.75) is 25.7 Å². The van der Waals surface area contributed by atoms with Crippen molar-refractivity contribution in [2.75, 3.05) is 25.6 Å². The first kappa shape index (κ1) is 10.6. The smallest absolute Gasteiger partial charge is 0.409 e. The summed E-state index contributed by atoms with van der Waals surface area (Å²) in [6, 6.07) is 0. The van der Waals surface area contributed by atoms with Crippen LogP contribution in [0.2, 0.25) is 0 Å². The van der Waals surface area contributed by atoms with E-state index in [1.807, 2.05) is 0 Å². The predicted octanol–water partition coefficient (Wildman–Crippen LogP) is 2.24. The van der Waals surface area contributed by atoms with Crippen LogP contribution in [0.25, 0.3) is 0 Å². The first-order chi connectivity index (χ1) is 6.34. The van der Waals surface area contributed by atoms with E-state index in [9.17, 15) is 4.79 Å². The van der Waals surface area contributed by atoms with E-state index in [0.29, 0.717) is 12.5 Å². The number of carbonyl (C=O) groups is 1. The van der Waals surface area contributed by atoms with Crippen LogP contribution in [0.1, 0.15) is 25.7 Å². The fraction of sp³-hybridized carbons (Fsp3) is 0.889. The number of nitrogens with zero attached hydrogens (tertiary/aromatic N) is 1. The topological polar surface area (TPSA) is 29.5 Å². The van der Waals surface area contributed by atoms with Crippen molar-refractivity contribution < 1.29 is 9.53 Å². The molecule has 1 fully saturated rings. The molecular formula is C9H16ClNO2. The number of piperidine rings is 1. The van der Waals surface area contributed by atoms with Gasteiger partial charge in [0.2, 0.25) is 0 Å². The molecule has 0 saturated carbocycles. The molecule has 1 rings (SSSR count). The number of carbonyl (C=O) groups excluding carboxylic acids is 1. The zero-order valence-electron chi connectivity index (χ0n) is 7.80. The summed E-state index contributed by atoms with van der Waals surface area (Å²) in [5.41, 5.74) is 0. The van der Waals surface area contributed by atoms with Crippen molar-refractivity contribution in [2.24, 2.45) is 0 Å². The summed E-state index contributed by atoms with van der Waals surface area (Å²) in [6.45, 7) is 2.14. The summed E-state index contributed by atoms with van der Waals surface area (Å²) in [4.78, 5) is 13.1. The second-order valence-electron chi connectivity index (χ2n) is 3.20. The Hall–Kier alpha value is -0.440. The molecule has 0 bridgehead atoms. The number of ether oxygens (including phenoxy) is 1. The zero-order valence-corrected chi connectivity index (χ0v) is 8.55. The van der Waals surface area contributed by atoms with Crippen LogP contribution in [0.15, 0.2) is 0 Å². The highest BCUT2D eigenvalue weighted by Gasteiger charge is 2.16. The number of rotatable bonds is 3. The van der Waals surface area contributed by atoms with Crippen LogP contribution in [-0.2, 0) is 4.74 Å². The summed E-state index contributed by atoms with van der Waals surface area (Å²) in [6.07, 6.45) is 3.99. The molecule has 1 saturated heterocycles. The maximum Gasteiger partial charge on any atom is 0.409 e.